The van der Waals surface area contributed by atoms with Gasteiger partial charge >= 0.3 is 0 Å². The molecule has 0 aliphatic rings. The molecule has 0 saturated carbocycles. The summed E-state index contributed by atoms with van der Waals surface area (Å²) in [7, 11) is 0. The molecule has 1 heterocycles. The Hall–Kier alpha value is -2.58. The molecule has 0 atom stereocenters. The fraction of sp³-hybridized carbons (Fsp3) is 0.263. The highest BCUT2D eigenvalue weighted by Gasteiger charge is 2.15. The molecule has 0 bridgehead atoms. The second kappa shape index (κ2) is 6.90. The molecule has 0 fully saturated rings. The molecule has 0 aliphatic carbocycles. The molecule has 0 unspecified atom stereocenters. The van der Waals surface area contributed by atoms with E-state index < -0.39 is 5.91 Å². The first-order valence-corrected chi connectivity index (χ1v) is 8.41. The number of anilines is 1. The lowest BCUT2D eigenvalue weighted by molar-refractivity contribution is -0.112. The van der Waals surface area contributed by atoms with Crippen molar-refractivity contribution in [3.63, 3.8) is 0 Å². The van der Waals surface area contributed by atoms with Crippen molar-refractivity contribution < 1.29 is 9.90 Å². The first-order chi connectivity index (χ1) is 11.2. The largest absolute Gasteiger partial charge is 0.511 e. The van der Waals surface area contributed by atoms with Crippen molar-refractivity contribution >= 4 is 22.2 Å². The third-order valence-electron chi connectivity index (χ3n) is 3.62. The van der Waals surface area contributed by atoms with Crippen molar-refractivity contribution in [2.45, 2.75) is 33.1 Å². The second-order valence-corrected chi connectivity index (χ2v) is 7.46. The van der Waals surface area contributed by atoms with E-state index >= 15 is 0 Å². The van der Waals surface area contributed by atoms with Crippen LogP contribution < -0.4 is 5.32 Å². The highest BCUT2D eigenvalue weighted by Crippen LogP contribution is 2.31. The standard InChI is InChI=1S/C19H20N2O2S/c1-12(22)16(10-20)18(23)21-17-9-14(11-24-17)13-5-7-15(8-6-13)19(2,3)4/h5-9,11,22H,1-4H3,(H,21,23)/b16-12-. The van der Waals surface area contributed by atoms with Gasteiger partial charge in [0.25, 0.3) is 5.91 Å². The van der Waals surface area contributed by atoms with Crippen molar-refractivity contribution in [2.24, 2.45) is 0 Å². The van der Waals surface area contributed by atoms with E-state index in [0.717, 1.165) is 11.1 Å². The first-order valence-electron chi connectivity index (χ1n) is 7.53. The van der Waals surface area contributed by atoms with Crippen LogP contribution in [-0.4, -0.2) is 11.0 Å². The van der Waals surface area contributed by atoms with Crippen LogP contribution in [0, 0.1) is 11.3 Å². The van der Waals surface area contributed by atoms with Crippen molar-refractivity contribution in [3.05, 3.63) is 52.6 Å². The minimum atomic E-state index is -0.603. The fourth-order valence-electron chi connectivity index (χ4n) is 2.19. The monoisotopic (exact) mass is 340 g/mol. The molecule has 0 saturated heterocycles. The number of nitrogens with one attached hydrogen (secondary N) is 1. The predicted molar refractivity (Wildman–Crippen MR) is 98.0 cm³/mol. The van der Waals surface area contributed by atoms with Crippen LogP contribution in [-0.2, 0) is 10.2 Å². The number of rotatable bonds is 3. The van der Waals surface area contributed by atoms with Gasteiger partial charge in [0.15, 0.2) is 5.57 Å². The van der Waals surface area contributed by atoms with E-state index in [0.29, 0.717) is 5.00 Å². The molecule has 5 heteroatoms. The van der Waals surface area contributed by atoms with E-state index in [1.807, 2.05) is 11.4 Å². The average molecular weight is 340 g/mol. The summed E-state index contributed by atoms with van der Waals surface area (Å²) in [6, 6.07) is 11.9. The van der Waals surface area contributed by atoms with Crippen molar-refractivity contribution in [1.82, 2.24) is 0 Å². The maximum Gasteiger partial charge on any atom is 0.270 e. The molecule has 1 aromatic heterocycles. The van der Waals surface area contributed by atoms with Gasteiger partial charge in [0, 0.05) is 5.38 Å². The summed E-state index contributed by atoms with van der Waals surface area (Å²) in [6.07, 6.45) is 0. The molecule has 2 aromatic rings. The molecule has 24 heavy (non-hydrogen) atoms. The molecule has 4 nitrogen and oxygen atoms in total. The van der Waals surface area contributed by atoms with E-state index in [1.54, 1.807) is 6.07 Å². The highest BCUT2D eigenvalue weighted by atomic mass is 32.1. The summed E-state index contributed by atoms with van der Waals surface area (Å²) in [6.45, 7) is 7.83. The van der Waals surface area contributed by atoms with E-state index in [2.05, 4.69) is 50.4 Å². The zero-order chi connectivity index (χ0) is 17.9. The maximum atomic E-state index is 11.9. The number of carbonyl (C=O) groups excluding carboxylic acids is 1. The summed E-state index contributed by atoms with van der Waals surface area (Å²) in [4.78, 5) is 11.9. The van der Waals surface area contributed by atoms with Crippen LogP contribution in [0.1, 0.15) is 33.3 Å². The van der Waals surface area contributed by atoms with E-state index in [-0.39, 0.29) is 16.7 Å². The number of allylic oxidation sites excluding steroid dienone is 1. The number of amides is 1. The number of thiophene rings is 1. The molecule has 1 amide bonds. The summed E-state index contributed by atoms with van der Waals surface area (Å²) >= 11 is 1.38. The Bertz CT molecular complexity index is 814. The quantitative estimate of drug-likeness (QED) is 0.469. The Morgan fingerprint density at radius 1 is 1.21 bits per heavy atom. The normalized spacial score (nSPS) is 12.3. The van der Waals surface area contributed by atoms with Crippen molar-refractivity contribution in [1.29, 1.82) is 5.26 Å². The number of aliphatic hydroxyl groups is 1. The number of nitrogens with zero attached hydrogens (tertiary/aromatic N) is 1. The van der Waals surface area contributed by atoms with Gasteiger partial charge in [-0.25, -0.2) is 0 Å². The minimum Gasteiger partial charge on any atom is -0.511 e. The van der Waals surface area contributed by atoms with Crippen LogP contribution in [0.3, 0.4) is 0 Å². The summed E-state index contributed by atoms with van der Waals surface area (Å²) in [5.74, 6) is -0.890. The Balaban J connectivity index is 2.18. The first kappa shape index (κ1) is 17.8. The molecule has 0 aliphatic heterocycles. The molecular formula is C19H20N2O2S. The Morgan fingerprint density at radius 2 is 1.83 bits per heavy atom. The molecule has 2 N–H and O–H groups in total. The Morgan fingerprint density at radius 3 is 2.33 bits per heavy atom. The van der Waals surface area contributed by atoms with Gasteiger partial charge in [-0.1, -0.05) is 45.0 Å². The second-order valence-electron chi connectivity index (χ2n) is 6.55. The lowest BCUT2D eigenvalue weighted by atomic mass is 9.86. The van der Waals surface area contributed by atoms with Crippen molar-refractivity contribution in [3.8, 4) is 17.2 Å². The van der Waals surface area contributed by atoms with E-state index in [4.69, 9.17) is 5.26 Å². The lowest BCUT2D eigenvalue weighted by Gasteiger charge is -2.19. The van der Waals surface area contributed by atoms with E-state index in [9.17, 15) is 9.90 Å². The van der Waals surface area contributed by atoms with Gasteiger partial charge in [-0.15, -0.1) is 11.3 Å². The Labute approximate surface area is 146 Å². The molecule has 0 spiro atoms. The third-order valence-corrected chi connectivity index (χ3v) is 4.47. The molecule has 0 radical (unpaired) electrons. The number of aliphatic hydroxyl groups excluding tert-OH is 1. The van der Waals surface area contributed by atoms with Gasteiger partial charge in [-0.05, 0) is 35.1 Å². The number of benzene rings is 1. The fourth-order valence-corrected chi connectivity index (χ4v) is 2.99. The van der Waals surface area contributed by atoms with Gasteiger partial charge in [0.2, 0.25) is 0 Å². The van der Waals surface area contributed by atoms with Crippen LogP contribution in [0.2, 0.25) is 0 Å². The van der Waals surface area contributed by atoms with Crippen molar-refractivity contribution in [2.75, 3.05) is 5.32 Å². The predicted octanol–water partition coefficient (Wildman–Crippen LogP) is 5.01. The SMILES string of the molecule is C/C(O)=C(\C#N)C(=O)Nc1cc(-c2ccc(C(C)(C)C)cc2)cs1. The zero-order valence-electron chi connectivity index (χ0n) is 14.2. The van der Waals surface area contributed by atoms with Crippen LogP contribution in [0.4, 0.5) is 5.00 Å². The third kappa shape index (κ3) is 4.03. The van der Waals surface area contributed by atoms with E-state index in [1.165, 1.54) is 23.8 Å². The summed E-state index contributed by atoms with van der Waals surface area (Å²) < 4.78 is 0. The lowest BCUT2D eigenvalue weighted by Crippen LogP contribution is -2.13. The Kier molecular flexibility index (Phi) is 5.10. The molecular weight excluding hydrogens is 320 g/mol. The average Bonchev–Trinajstić information content (AvgIpc) is 2.95. The number of nitriles is 1. The van der Waals surface area contributed by atoms with Crippen LogP contribution >= 0.6 is 11.3 Å². The molecule has 2 rings (SSSR count). The van der Waals surface area contributed by atoms with Crippen LogP contribution in [0.25, 0.3) is 11.1 Å². The van der Waals surface area contributed by atoms with Gasteiger partial charge < -0.3 is 10.4 Å². The number of hydrogen-bond acceptors (Lipinski definition) is 4. The zero-order valence-corrected chi connectivity index (χ0v) is 15.0. The molecule has 1 aromatic carbocycles. The molecule has 124 valence electrons. The van der Waals surface area contributed by atoms with Gasteiger partial charge in [0.05, 0.1) is 5.00 Å². The van der Waals surface area contributed by atoms with Gasteiger partial charge in [-0.2, -0.15) is 5.26 Å². The van der Waals surface area contributed by atoms with Crippen LogP contribution in [0.15, 0.2) is 47.0 Å². The summed E-state index contributed by atoms with van der Waals surface area (Å²) in [5, 5.41) is 23.4. The van der Waals surface area contributed by atoms with Gasteiger partial charge in [-0.3, -0.25) is 4.79 Å². The number of carbonyl (C=O) groups is 1. The maximum absolute atomic E-state index is 11.9. The topological polar surface area (TPSA) is 73.1 Å². The smallest absolute Gasteiger partial charge is 0.270 e. The highest BCUT2D eigenvalue weighted by molar-refractivity contribution is 7.14. The van der Waals surface area contributed by atoms with Gasteiger partial charge in [0.1, 0.15) is 11.8 Å². The van der Waals surface area contributed by atoms with Crippen LogP contribution in [0.5, 0.6) is 0 Å². The minimum absolute atomic E-state index is 0.106. The number of hydrogen-bond donors (Lipinski definition) is 2. The summed E-state index contributed by atoms with van der Waals surface area (Å²) in [5.41, 5.74) is 3.15.